The number of benzene rings is 2. The summed E-state index contributed by atoms with van der Waals surface area (Å²) >= 11 is 0. The number of ketones is 1. The van der Waals surface area contributed by atoms with Crippen molar-refractivity contribution in [1.29, 1.82) is 0 Å². The predicted molar refractivity (Wildman–Crippen MR) is 229 cm³/mol. The van der Waals surface area contributed by atoms with E-state index in [4.69, 9.17) is 1.37 Å². The fourth-order valence-corrected chi connectivity index (χ4v) is 9.01. The first-order valence-corrected chi connectivity index (χ1v) is 22.0. The van der Waals surface area contributed by atoms with E-state index in [1.165, 1.54) is 31.6 Å². The number of anilines is 3. The highest BCUT2D eigenvalue weighted by molar-refractivity contribution is 7.90. The van der Waals surface area contributed by atoms with E-state index >= 15 is 13.2 Å². The maximum atomic E-state index is 15.6. The lowest BCUT2D eigenvalue weighted by molar-refractivity contribution is -0.138. The number of amides is 3. The minimum atomic E-state index is -4.17. The molecule has 64 heavy (non-hydrogen) atoms. The molecule has 8 rings (SSSR count). The zero-order valence-corrected chi connectivity index (χ0v) is 35.6. The summed E-state index contributed by atoms with van der Waals surface area (Å²) in [5.74, 6) is -7.06. The second kappa shape index (κ2) is 17.6. The second-order valence-electron chi connectivity index (χ2n) is 16.0. The van der Waals surface area contributed by atoms with E-state index in [-0.39, 0.29) is 85.5 Å². The van der Waals surface area contributed by atoms with Crippen LogP contribution in [0.25, 0.3) is 22.2 Å². The molecule has 1 unspecified atom stereocenters. The van der Waals surface area contributed by atoms with Gasteiger partial charge in [0.1, 0.15) is 17.3 Å². The number of nitrogens with zero attached hydrogens (tertiary/aromatic N) is 7. The number of piperazine rings is 1. The predicted octanol–water partition coefficient (Wildman–Crippen LogP) is 3.87. The van der Waals surface area contributed by atoms with Gasteiger partial charge in [-0.05, 0) is 55.2 Å². The molecule has 3 aliphatic heterocycles. The number of nitrogens with one attached hydrogen (secondary N) is 3. The number of hydrogen-bond donors (Lipinski definition) is 4. The van der Waals surface area contributed by atoms with Crippen molar-refractivity contribution in [3.8, 4) is 11.1 Å². The smallest absolute Gasteiger partial charge is 0.301 e. The number of halogens is 3. The third-order valence-electron chi connectivity index (χ3n) is 12.0. The Labute approximate surface area is 367 Å². The monoisotopic (exact) mass is 903 g/mol. The molecule has 3 fully saturated rings. The van der Waals surface area contributed by atoms with Crippen molar-refractivity contribution in [1.82, 2.24) is 34.5 Å². The lowest BCUT2D eigenvalue weighted by Crippen LogP contribution is -2.52. The van der Waals surface area contributed by atoms with Gasteiger partial charge in [-0.3, -0.25) is 29.2 Å². The summed E-state index contributed by atoms with van der Waals surface area (Å²) < 4.78 is 82.7. The second-order valence-corrected chi connectivity index (χ2v) is 17.8. The topological polar surface area (TPSA) is 214 Å². The molecule has 2 aromatic carbocycles. The fraction of sp³-hybridized carbons (Fsp3) is 0.372. The molecule has 5 aromatic rings. The molecule has 21 heteroatoms. The van der Waals surface area contributed by atoms with E-state index in [1.807, 2.05) is 4.90 Å². The number of carbonyl (C=O) groups is 4. The van der Waals surface area contributed by atoms with Crippen LogP contribution < -0.4 is 19.8 Å². The normalized spacial score (nSPS) is 19.5. The minimum Gasteiger partial charge on any atom is -0.389 e. The quantitative estimate of drug-likeness (QED) is 0.104. The molecule has 4 N–H and O–H groups in total. The summed E-state index contributed by atoms with van der Waals surface area (Å²) in [4.78, 5) is 72.6. The number of fused-ring (bicyclic) bond motifs is 1. The number of imide groups is 1. The van der Waals surface area contributed by atoms with Crippen LogP contribution in [0.5, 0.6) is 0 Å². The Morgan fingerprint density at radius 2 is 1.66 bits per heavy atom. The summed E-state index contributed by atoms with van der Waals surface area (Å²) in [5, 5.41) is 13.8. The highest BCUT2D eigenvalue weighted by Crippen LogP contribution is 2.34. The van der Waals surface area contributed by atoms with Crippen LogP contribution in [-0.4, -0.2) is 125 Å². The highest BCUT2D eigenvalue weighted by atomic mass is 32.2. The fourth-order valence-electron chi connectivity index (χ4n) is 8.08. The Bertz CT molecular complexity index is 2820. The maximum Gasteiger partial charge on any atom is 0.301 e. The van der Waals surface area contributed by atoms with E-state index in [0.29, 0.717) is 43.3 Å². The third-order valence-corrected chi connectivity index (χ3v) is 13.6. The van der Waals surface area contributed by atoms with Crippen molar-refractivity contribution in [3.05, 3.63) is 95.3 Å². The minimum absolute atomic E-state index is 0.0181. The largest absolute Gasteiger partial charge is 0.389 e. The van der Waals surface area contributed by atoms with Gasteiger partial charge in [0.05, 0.1) is 34.9 Å². The Hall–Kier alpha value is -6.45. The van der Waals surface area contributed by atoms with Crippen LogP contribution in [0.2, 0.25) is 0 Å². The average molecular weight is 904 g/mol. The standard InChI is InChI=1S/C43H45F3N10O7S/c1-3-53(2)64(62,63)52-33-7-6-31(44)37(38(33)46)39(59)30-24-48-40-29(30)18-26(21-47-40)27-22-49-42(50-23-27)56-16-14-55(15-17-56)36(58)20-43(61)10-12-54(13-11-43)34-8-4-25(19-32(34)45)28-5-9-35(57)51-41(28)60/h4,6-8,18-19,21-24,28,52,61H,3,5,9-17,20H2,1-2H3,(H,47,48)(H,51,57,60)/i28D. The van der Waals surface area contributed by atoms with Gasteiger partial charge in [-0.15, -0.1) is 0 Å². The molecule has 0 aliphatic carbocycles. The van der Waals surface area contributed by atoms with Crippen molar-refractivity contribution < 1.29 is 47.2 Å². The molecule has 0 spiro atoms. The van der Waals surface area contributed by atoms with Crippen molar-refractivity contribution in [2.75, 3.05) is 67.4 Å². The molecule has 0 bridgehead atoms. The molecule has 3 aliphatic rings. The molecular weight excluding hydrogens is 858 g/mol. The van der Waals surface area contributed by atoms with Crippen LogP contribution in [0.1, 0.15) is 67.8 Å². The van der Waals surface area contributed by atoms with Crippen molar-refractivity contribution in [3.63, 3.8) is 0 Å². The molecular formula is C43H45F3N10O7S. The summed E-state index contributed by atoms with van der Waals surface area (Å²) in [6.45, 7) is 3.73. The van der Waals surface area contributed by atoms with Gasteiger partial charge in [-0.25, -0.2) is 28.1 Å². The Balaban J connectivity index is 0.864. The molecule has 0 radical (unpaired) electrons. The molecule has 3 amide bonds. The zero-order valence-electron chi connectivity index (χ0n) is 35.8. The average Bonchev–Trinajstić information content (AvgIpc) is 3.72. The number of pyridine rings is 1. The molecule has 0 saturated carbocycles. The van der Waals surface area contributed by atoms with E-state index < -0.39 is 68.0 Å². The number of aliphatic hydroxyl groups is 1. The van der Waals surface area contributed by atoms with E-state index in [0.717, 1.165) is 22.5 Å². The van der Waals surface area contributed by atoms with E-state index in [2.05, 4.69) is 30.0 Å². The number of piperidine rings is 2. The van der Waals surface area contributed by atoms with Crippen molar-refractivity contribution >= 4 is 62.1 Å². The molecule has 17 nitrogen and oxygen atoms in total. The number of aromatic nitrogens is 4. The van der Waals surface area contributed by atoms with Gasteiger partial charge in [-0.2, -0.15) is 12.7 Å². The van der Waals surface area contributed by atoms with Crippen LogP contribution in [0.15, 0.2) is 61.2 Å². The summed E-state index contributed by atoms with van der Waals surface area (Å²) in [7, 11) is -2.90. The lowest BCUT2D eigenvalue weighted by atomic mass is 9.87. The Morgan fingerprint density at radius 1 is 0.953 bits per heavy atom. The van der Waals surface area contributed by atoms with Crippen LogP contribution in [0.4, 0.5) is 30.5 Å². The molecule has 336 valence electrons. The number of hydrogen-bond acceptors (Lipinski definition) is 12. The maximum absolute atomic E-state index is 15.6. The van der Waals surface area contributed by atoms with Gasteiger partial charge < -0.3 is 24.8 Å². The summed E-state index contributed by atoms with van der Waals surface area (Å²) in [6, 6.07) is 7.46. The Morgan fingerprint density at radius 3 is 2.33 bits per heavy atom. The molecule has 6 heterocycles. The number of rotatable bonds is 12. The first kappa shape index (κ1) is 42.8. The van der Waals surface area contributed by atoms with Crippen LogP contribution in [0, 0.1) is 17.5 Å². The first-order chi connectivity index (χ1) is 30.9. The number of carbonyl (C=O) groups excluding carboxylic acids is 4. The molecule has 1 atom stereocenters. The summed E-state index contributed by atoms with van der Waals surface area (Å²) in [5.41, 5.74) is -1.25. The van der Waals surface area contributed by atoms with Gasteiger partial charge in [0.25, 0.3) is 0 Å². The van der Waals surface area contributed by atoms with Gasteiger partial charge in [0.15, 0.2) is 5.82 Å². The van der Waals surface area contributed by atoms with Crippen LogP contribution in [0.3, 0.4) is 0 Å². The first-order valence-electron chi connectivity index (χ1n) is 21.1. The Kier molecular flexibility index (Phi) is 11.8. The molecule has 3 aromatic heterocycles. The van der Waals surface area contributed by atoms with Crippen molar-refractivity contribution in [2.24, 2.45) is 0 Å². The number of aromatic amines is 1. The van der Waals surface area contributed by atoms with Crippen LogP contribution in [-0.2, 0) is 24.6 Å². The van der Waals surface area contributed by atoms with E-state index in [9.17, 15) is 32.7 Å². The van der Waals surface area contributed by atoms with E-state index in [1.54, 1.807) is 35.2 Å². The van der Waals surface area contributed by atoms with Gasteiger partial charge in [0.2, 0.25) is 29.5 Å². The lowest BCUT2D eigenvalue weighted by Gasteiger charge is -2.41. The summed E-state index contributed by atoms with van der Waals surface area (Å²) in [6.07, 6.45) is 6.16. The SMILES string of the molecule is [2H]C1(c2ccc(N3CCC(O)(CC(=O)N4CCN(c5ncc(-c6cnc7[nH]cc(C(=O)c8c(F)ccc(NS(=O)(=O)N(C)CC)c8F)c7c6)cn5)CC4)CC3)c(F)c2)CCC(=O)NC1=O. The molecule has 3 saturated heterocycles. The van der Waals surface area contributed by atoms with Gasteiger partial charge in [0, 0.05) is 108 Å². The highest BCUT2D eigenvalue weighted by Gasteiger charge is 2.38. The zero-order chi connectivity index (χ0) is 46.4. The van der Waals surface area contributed by atoms with Crippen molar-refractivity contribution in [2.45, 2.75) is 50.5 Å². The number of H-pyrrole nitrogens is 1. The van der Waals surface area contributed by atoms with Crippen LogP contribution >= 0.6 is 0 Å². The third kappa shape index (κ3) is 8.87. The van der Waals surface area contributed by atoms with Gasteiger partial charge in [-0.1, -0.05) is 13.0 Å². The van der Waals surface area contributed by atoms with Gasteiger partial charge >= 0.3 is 10.2 Å².